The third kappa shape index (κ3) is 5.56. The van der Waals surface area contributed by atoms with E-state index in [0.29, 0.717) is 40.6 Å². The Morgan fingerprint density at radius 2 is 1.90 bits per heavy atom. The molecule has 0 aliphatic carbocycles. The number of hydrogen-bond acceptors (Lipinski definition) is 6. The topological polar surface area (TPSA) is 74.1 Å². The molecule has 1 aromatic heterocycles. The lowest BCUT2D eigenvalue weighted by molar-refractivity contribution is 0.267. The van der Waals surface area contributed by atoms with Crippen molar-refractivity contribution in [2.75, 3.05) is 11.9 Å². The average Bonchev–Trinajstić information content (AvgIpc) is 3.15. The van der Waals surface area contributed by atoms with Crippen molar-refractivity contribution < 1.29 is 9.47 Å². The molecule has 2 aromatic carbocycles. The Morgan fingerprint density at radius 3 is 2.60 bits per heavy atom. The molecule has 0 aliphatic rings. The third-order valence-corrected chi connectivity index (χ3v) is 5.51. The van der Waals surface area contributed by atoms with Crippen LogP contribution in [0.2, 0.25) is 10.0 Å². The zero-order valence-corrected chi connectivity index (χ0v) is 19.8. The summed E-state index contributed by atoms with van der Waals surface area (Å²) in [5.41, 5.74) is 1.71. The number of halogens is 3. The van der Waals surface area contributed by atoms with Crippen LogP contribution in [-0.4, -0.2) is 26.8 Å². The first kappa shape index (κ1) is 22.7. The monoisotopic (exact) mass is 513 g/mol. The van der Waals surface area contributed by atoms with Crippen LogP contribution in [0.15, 0.2) is 34.8 Å². The van der Waals surface area contributed by atoms with Gasteiger partial charge in [0.15, 0.2) is 11.5 Å². The maximum atomic E-state index is 6.25. The molecule has 1 N–H and O–H groups in total. The Labute approximate surface area is 193 Å². The first-order chi connectivity index (χ1) is 14.5. The van der Waals surface area contributed by atoms with Crippen LogP contribution < -0.4 is 14.8 Å². The van der Waals surface area contributed by atoms with Crippen LogP contribution in [0.25, 0.3) is 0 Å². The summed E-state index contributed by atoms with van der Waals surface area (Å²) in [6, 6.07) is 9.26. The van der Waals surface area contributed by atoms with Gasteiger partial charge in [0, 0.05) is 28.7 Å². The van der Waals surface area contributed by atoms with Crippen LogP contribution in [0.5, 0.6) is 11.5 Å². The largest absolute Gasteiger partial charge is 0.490 e. The van der Waals surface area contributed by atoms with Gasteiger partial charge in [-0.05, 0) is 69.5 Å². The lowest BCUT2D eigenvalue weighted by Gasteiger charge is -2.17. The van der Waals surface area contributed by atoms with E-state index in [1.54, 1.807) is 22.9 Å². The number of aryl methyl sites for hydroxylation is 1. The third-order valence-electron chi connectivity index (χ3n) is 4.21. The molecule has 0 saturated carbocycles. The first-order valence-electron chi connectivity index (χ1n) is 9.54. The van der Waals surface area contributed by atoms with Gasteiger partial charge in [0.05, 0.1) is 11.1 Å². The highest BCUT2D eigenvalue weighted by Gasteiger charge is 2.15. The summed E-state index contributed by atoms with van der Waals surface area (Å²) in [4.78, 5) is 0. The van der Waals surface area contributed by atoms with Gasteiger partial charge in [-0.25, -0.2) is 4.68 Å². The number of aromatic nitrogens is 4. The van der Waals surface area contributed by atoms with E-state index >= 15 is 0 Å². The maximum Gasteiger partial charge on any atom is 0.243 e. The second-order valence-corrected chi connectivity index (χ2v) is 8.07. The number of ether oxygens (including phenoxy) is 2. The Bertz CT molecular complexity index is 979. The van der Waals surface area contributed by atoms with E-state index in [-0.39, 0.29) is 6.61 Å². The molecule has 10 heteroatoms. The molecular weight excluding hydrogens is 493 g/mol. The molecule has 3 rings (SSSR count). The minimum Gasteiger partial charge on any atom is -0.490 e. The number of nitrogens with zero attached hydrogens (tertiary/aromatic N) is 4. The molecule has 1 heterocycles. The first-order valence-corrected chi connectivity index (χ1v) is 11.1. The maximum absolute atomic E-state index is 6.25. The highest BCUT2D eigenvalue weighted by Crippen LogP contribution is 2.38. The van der Waals surface area contributed by atoms with Crippen molar-refractivity contribution >= 4 is 45.1 Å². The molecule has 160 valence electrons. The van der Waals surface area contributed by atoms with E-state index in [2.05, 4.69) is 43.7 Å². The van der Waals surface area contributed by atoms with Crippen LogP contribution in [0, 0.1) is 0 Å². The van der Waals surface area contributed by atoms with Crippen LogP contribution in [0.3, 0.4) is 0 Å². The van der Waals surface area contributed by atoms with Crippen molar-refractivity contribution in [3.05, 3.63) is 56.0 Å². The van der Waals surface area contributed by atoms with Crippen LogP contribution in [0.1, 0.15) is 31.4 Å². The Hall–Kier alpha value is -2.03. The fraction of sp³-hybridized carbons (Fsp3) is 0.350. The molecule has 0 fully saturated rings. The molecule has 0 bridgehead atoms. The second-order valence-electron chi connectivity index (χ2n) is 6.41. The summed E-state index contributed by atoms with van der Waals surface area (Å²) in [6.45, 7) is 6.00. The average molecular weight is 515 g/mol. The van der Waals surface area contributed by atoms with Crippen molar-refractivity contribution in [1.29, 1.82) is 0 Å². The molecule has 3 aromatic rings. The van der Waals surface area contributed by atoms with Gasteiger partial charge >= 0.3 is 0 Å². The van der Waals surface area contributed by atoms with Gasteiger partial charge in [-0.1, -0.05) is 41.3 Å². The predicted octanol–water partition coefficient (Wildman–Crippen LogP) is 5.74. The van der Waals surface area contributed by atoms with E-state index in [1.165, 1.54) is 0 Å². The van der Waals surface area contributed by atoms with Crippen molar-refractivity contribution in [3.8, 4) is 11.5 Å². The normalized spacial score (nSPS) is 10.8. The highest BCUT2D eigenvalue weighted by atomic mass is 79.9. The summed E-state index contributed by atoms with van der Waals surface area (Å²) in [7, 11) is 0. The van der Waals surface area contributed by atoms with Crippen LogP contribution >= 0.6 is 39.1 Å². The minimum atomic E-state index is 0.223. The predicted molar refractivity (Wildman–Crippen MR) is 122 cm³/mol. The summed E-state index contributed by atoms with van der Waals surface area (Å²) < 4.78 is 14.3. The van der Waals surface area contributed by atoms with E-state index in [9.17, 15) is 0 Å². The van der Waals surface area contributed by atoms with Gasteiger partial charge in [0.2, 0.25) is 5.95 Å². The Morgan fingerprint density at radius 1 is 1.13 bits per heavy atom. The van der Waals surface area contributed by atoms with Crippen molar-refractivity contribution in [1.82, 2.24) is 20.2 Å². The van der Waals surface area contributed by atoms with Gasteiger partial charge in [0.1, 0.15) is 6.61 Å². The molecule has 0 saturated heterocycles. The zero-order chi connectivity index (χ0) is 21.5. The number of rotatable bonds is 10. The molecular formula is C20H22BrCl2N5O2. The molecule has 30 heavy (non-hydrogen) atoms. The van der Waals surface area contributed by atoms with Crippen LogP contribution in [-0.2, 0) is 19.7 Å². The minimum absolute atomic E-state index is 0.223. The number of hydrogen-bond donors (Lipinski definition) is 1. The highest BCUT2D eigenvalue weighted by molar-refractivity contribution is 9.10. The zero-order valence-electron chi connectivity index (χ0n) is 16.7. The lowest BCUT2D eigenvalue weighted by atomic mass is 10.2. The summed E-state index contributed by atoms with van der Waals surface area (Å²) in [5, 5.41) is 16.1. The molecule has 0 spiro atoms. The van der Waals surface area contributed by atoms with E-state index in [1.807, 2.05) is 19.1 Å². The number of nitrogens with one attached hydrogen (secondary N) is 1. The quantitative estimate of drug-likeness (QED) is 0.371. The molecule has 7 nitrogen and oxygen atoms in total. The fourth-order valence-corrected chi connectivity index (χ4v) is 3.93. The van der Waals surface area contributed by atoms with Gasteiger partial charge in [-0.2, -0.15) is 0 Å². The van der Waals surface area contributed by atoms with E-state index in [4.69, 9.17) is 32.7 Å². The molecule has 0 radical (unpaired) electrons. The summed E-state index contributed by atoms with van der Waals surface area (Å²) >= 11 is 16.1. The van der Waals surface area contributed by atoms with Crippen molar-refractivity contribution in [3.63, 3.8) is 0 Å². The molecule has 0 amide bonds. The number of tetrazole rings is 1. The van der Waals surface area contributed by atoms with Gasteiger partial charge in [-0.3, -0.25) is 0 Å². The molecule has 0 unspecified atom stereocenters. The number of benzene rings is 2. The van der Waals surface area contributed by atoms with Gasteiger partial charge in [-0.15, -0.1) is 0 Å². The molecule has 0 aliphatic heterocycles. The van der Waals surface area contributed by atoms with Crippen LogP contribution in [0.4, 0.5) is 5.95 Å². The lowest BCUT2D eigenvalue weighted by Crippen LogP contribution is -2.09. The summed E-state index contributed by atoms with van der Waals surface area (Å²) in [5.74, 6) is 1.84. The second kappa shape index (κ2) is 10.8. The standard InChI is InChI=1S/C20H22BrCl2N5O2/c1-3-8-28-20(25-26-27-28)24-11-13-9-15(21)19(18(10-13)29-4-2)30-12-14-16(22)6-5-7-17(14)23/h5-7,9-10H,3-4,8,11-12H2,1-2H3,(H,24,25,27). The molecule has 0 atom stereocenters. The number of anilines is 1. The van der Waals surface area contributed by atoms with E-state index in [0.717, 1.165) is 28.6 Å². The van der Waals surface area contributed by atoms with Gasteiger partial charge in [0.25, 0.3) is 0 Å². The fourth-order valence-electron chi connectivity index (χ4n) is 2.82. The smallest absolute Gasteiger partial charge is 0.243 e. The Balaban J connectivity index is 1.77. The Kier molecular flexibility index (Phi) is 8.18. The van der Waals surface area contributed by atoms with E-state index < -0.39 is 0 Å². The summed E-state index contributed by atoms with van der Waals surface area (Å²) in [6.07, 6.45) is 0.946. The van der Waals surface area contributed by atoms with Crippen molar-refractivity contribution in [2.45, 2.75) is 40.0 Å². The SMILES string of the molecule is CCCn1nnnc1NCc1cc(Br)c(OCc2c(Cl)cccc2Cl)c(OCC)c1. The van der Waals surface area contributed by atoms with Gasteiger partial charge < -0.3 is 14.8 Å². The van der Waals surface area contributed by atoms with Crippen molar-refractivity contribution in [2.24, 2.45) is 0 Å².